The standard InChI is InChI=1S/C13H15Br2FO/c1-13(2,3)12(17)10(15)6-8-4-5-9(14)7-11(8)16/h4-5,7,10H,6H2,1-3H3. The van der Waals surface area contributed by atoms with E-state index in [0.29, 0.717) is 16.5 Å². The maximum Gasteiger partial charge on any atom is 0.152 e. The Balaban J connectivity index is 2.81. The summed E-state index contributed by atoms with van der Waals surface area (Å²) in [5, 5.41) is 0. The largest absolute Gasteiger partial charge is 0.298 e. The molecule has 1 unspecified atom stereocenters. The molecule has 1 atom stereocenters. The van der Waals surface area contributed by atoms with Crippen LogP contribution in [0.2, 0.25) is 0 Å². The Morgan fingerprint density at radius 1 is 1.41 bits per heavy atom. The summed E-state index contributed by atoms with van der Waals surface area (Å²) >= 11 is 6.55. The third-order valence-corrected chi connectivity index (χ3v) is 3.67. The lowest BCUT2D eigenvalue weighted by Crippen LogP contribution is -2.30. The van der Waals surface area contributed by atoms with Gasteiger partial charge in [-0.2, -0.15) is 0 Å². The Morgan fingerprint density at radius 3 is 2.47 bits per heavy atom. The molecule has 0 heterocycles. The number of hydrogen-bond donors (Lipinski definition) is 0. The molecule has 1 nitrogen and oxygen atoms in total. The van der Waals surface area contributed by atoms with Crippen molar-refractivity contribution >= 4 is 37.6 Å². The van der Waals surface area contributed by atoms with Crippen molar-refractivity contribution in [3.63, 3.8) is 0 Å². The van der Waals surface area contributed by atoms with Crippen LogP contribution in [0.15, 0.2) is 22.7 Å². The van der Waals surface area contributed by atoms with Gasteiger partial charge in [0.1, 0.15) is 5.82 Å². The van der Waals surface area contributed by atoms with E-state index in [4.69, 9.17) is 0 Å². The Morgan fingerprint density at radius 2 is 2.00 bits per heavy atom. The number of benzene rings is 1. The van der Waals surface area contributed by atoms with Crippen LogP contribution in [0.25, 0.3) is 0 Å². The van der Waals surface area contributed by atoms with Crippen molar-refractivity contribution in [1.29, 1.82) is 0 Å². The highest BCUT2D eigenvalue weighted by atomic mass is 79.9. The maximum absolute atomic E-state index is 13.6. The average molecular weight is 366 g/mol. The minimum atomic E-state index is -0.417. The van der Waals surface area contributed by atoms with Gasteiger partial charge in [0, 0.05) is 9.89 Å². The molecular formula is C13H15Br2FO. The topological polar surface area (TPSA) is 17.1 Å². The minimum absolute atomic E-state index is 0.0832. The zero-order valence-electron chi connectivity index (χ0n) is 10.1. The first-order chi connectivity index (χ1) is 7.71. The summed E-state index contributed by atoms with van der Waals surface area (Å²) in [4.78, 5) is 11.6. The van der Waals surface area contributed by atoms with Crippen LogP contribution in [0.5, 0.6) is 0 Å². The SMILES string of the molecule is CC(C)(C)C(=O)C(Br)Cc1ccc(Br)cc1F. The van der Waals surface area contributed by atoms with Crippen LogP contribution in [-0.2, 0) is 11.2 Å². The van der Waals surface area contributed by atoms with E-state index in [-0.39, 0.29) is 16.4 Å². The first kappa shape index (κ1) is 14.8. The summed E-state index contributed by atoms with van der Waals surface area (Å²) in [6, 6.07) is 4.89. The molecule has 0 spiro atoms. The van der Waals surface area contributed by atoms with Crippen LogP contribution in [0.3, 0.4) is 0 Å². The molecule has 0 amide bonds. The molecule has 0 aromatic heterocycles. The number of rotatable bonds is 3. The van der Waals surface area contributed by atoms with E-state index in [1.54, 1.807) is 12.1 Å². The third kappa shape index (κ3) is 4.18. The Labute approximate surface area is 118 Å². The number of carbonyl (C=O) groups excluding carboxylic acids is 1. The van der Waals surface area contributed by atoms with Crippen molar-refractivity contribution in [3.05, 3.63) is 34.1 Å². The van der Waals surface area contributed by atoms with Gasteiger partial charge < -0.3 is 0 Å². The lowest BCUT2D eigenvalue weighted by atomic mass is 9.87. The maximum atomic E-state index is 13.6. The van der Waals surface area contributed by atoms with Crippen LogP contribution < -0.4 is 0 Å². The van der Waals surface area contributed by atoms with E-state index < -0.39 is 5.41 Å². The van der Waals surface area contributed by atoms with Gasteiger partial charge in [-0.1, -0.05) is 58.7 Å². The van der Waals surface area contributed by atoms with Crippen molar-refractivity contribution in [2.24, 2.45) is 5.41 Å². The lowest BCUT2D eigenvalue weighted by molar-refractivity contribution is -0.125. The predicted molar refractivity (Wildman–Crippen MR) is 75.0 cm³/mol. The molecule has 0 N–H and O–H groups in total. The molecule has 17 heavy (non-hydrogen) atoms. The van der Waals surface area contributed by atoms with Crippen molar-refractivity contribution in [2.75, 3.05) is 0 Å². The van der Waals surface area contributed by atoms with E-state index in [9.17, 15) is 9.18 Å². The zero-order valence-corrected chi connectivity index (χ0v) is 13.2. The number of halogens is 3. The summed E-state index contributed by atoms with van der Waals surface area (Å²) in [7, 11) is 0. The lowest BCUT2D eigenvalue weighted by Gasteiger charge is -2.20. The number of alkyl halides is 1. The van der Waals surface area contributed by atoms with E-state index in [1.807, 2.05) is 20.8 Å². The van der Waals surface area contributed by atoms with Gasteiger partial charge in [0.2, 0.25) is 0 Å². The predicted octanol–water partition coefficient (Wildman–Crippen LogP) is 4.51. The number of hydrogen-bond acceptors (Lipinski definition) is 1. The minimum Gasteiger partial charge on any atom is -0.298 e. The molecule has 0 aliphatic carbocycles. The average Bonchev–Trinajstić information content (AvgIpc) is 2.19. The fraction of sp³-hybridized carbons (Fsp3) is 0.462. The summed E-state index contributed by atoms with van der Waals surface area (Å²) in [6.07, 6.45) is 0.370. The van der Waals surface area contributed by atoms with Gasteiger partial charge in [0.05, 0.1) is 4.83 Å². The third-order valence-electron chi connectivity index (χ3n) is 2.44. The molecule has 0 aliphatic heterocycles. The fourth-order valence-electron chi connectivity index (χ4n) is 1.44. The molecule has 4 heteroatoms. The molecule has 0 fully saturated rings. The molecule has 1 aromatic carbocycles. The molecule has 0 aliphatic rings. The first-order valence-corrected chi connectivity index (χ1v) is 7.05. The second-order valence-electron chi connectivity index (χ2n) is 5.02. The molecule has 94 valence electrons. The Kier molecular flexibility index (Phi) is 4.90. The van der Waals surface area contributed by atoms with Crippen molar-refractivity contribution in [1.82, 2.24) is 0 Å². The van der Waals surface area contributed by atoms with Crippen LogP contribution in [-0.4, -0.2) is 10.6 Å². The summed E-state index contributed by atoms with van der Waals surface area (Å²) in [6.45, 7) is 5.59. The summed E-state index contributed by atoms with van der Waals surface area (Å²) in [5.41, 5.74) is 0.132. The van der Waals surface area contributed by atoms with Gasteiger partial charge in [-0.15, -0.1) is 0 Å². The highest BCUT2D eigenvalue weighted by Gasteiger charge is 2.28. The first-order valence-electron chi connectivity index (χ1n) is 5.34. The van der Waals surface area contributed by atoms with E-state index in [2.05, 4.69) is 31.9 Å². The van der Waals surface area contributed by atoms with E-state index in [0.717, 1.165) is 0 Å². The van der Waals surface area contributed by atoms with Crippen molar-refractivity contribution in [3.8, 4) is 0 Å². The van der Waals surface area contributed by atoms with Crippen molar-refractivity contribution in [2.45, 2.75) is 32.0 Å². The highest BCUT2D eigenvalue weighted by molar-refractivity contribution is 9.10. The number of Topliss-reactive ketones (excluding diaryl/α,β-unsaturated/α-hetero) is 1. The quantitative estimate of drug-likeness (QED) is 0.720. The normalized spacial score (nSPS) is 13.5. The smallest absolute Gasteiger partial charge is 0.152 e. The highest BCUT2D eigenvalue weighted by Crippen LogP contribution is 2.25. The molecule has 1 rings (SSSR count). The molecule has 0 saturated heterocycles. The fourth-order valence-corrected chi connectivity index (χ4v) is 2.81. The summed E-state index contributed by atoms with van der Waals surface area (Å²) in [5.74, 6) is -0.203. The number of carbonyl (C=O) groups is 1. The van der Waals surface area contributed by atoms with E-state index >= 15 is 0 Å². The van der Waals surface area contributed by atoms with Crippen molar-refractivity contribution < 1.29 is 9.18 Å². The van der Waals surface area contributed by atoms with Gasteiger partial charge in [-0.05, 0) is 24.1 Å². The van der Waals surface area contributed by atoms with Crippen LogP contribution in [0, 0.1) is 11.2 Å². The monoisotopic (exact) mass is 364 g/mol. The zero-order chi connectivity index (χ0) is 13.2. The van der Waals surface area contributed by atoms with Crippen LogP contribution in [0.1, 0.15) is 26.3 Å². The molecule has 0 bridgehead atoms. The second kappa shape index (κ2) is 5.61. The molecular weight excluding hydrogens is 351 g/mol. The van der Waals surface area contributed by atoms with Crippen LogP contribution >= 0.6 is 31.9 Å². The number of ketones is 1. The van der Waals surface area contributed by atoms with Gasteiger partial charge in [-0.25, -0.2) is 4.39 Å². The Bertz CT molecular complexity index is 424. The van der Waals surface area contributed by atoms with Gasteiger partial charge in [0.15, 0.2) is 5.78 Å². The van der Waals surface area contributed by atoms with Gasteiger partial charge in [-0.3, -0.25) is 4.79 Å². The summed E-state index contributed by atoms with van der Waals surface area (Å²) < 4.78 is 14.3. The molecule has 0 radical (unpaired) electrons. The van der Waals surface area contributed by atoms with Gasteiger partial charge in [0.25, 0.3) is 0 Å². The molecule has 1 aromatic rings. The van der Waals surface area contributed by atoms with Crippen LogP contribution in [0.4, 0.5) is 4.39 Å². The van der Waals surface area contributed by atoms with E-state index in [1.165, 1.54) is 6.07 Å². The Hall–Kier alpha value is -0.220. The second-order valence-corrected chi connectivity index (χ2v) is 7.04. The van der Waals surface area contributed by atoms with Gasteiger partial charge >= 0.3 is 0 Å². The molecule has 0 saturated carbocycles.